The molecule has 2 aromatic carbocycles. The Hall–Kier alpha value is -2.01. The van der Waals surface area contributed by atoms with Gasteiger partial charge in [0.2, 0.25) is 10.0 Å². The number of nitrogens with zero attached hydrogens (tertiary/aromatic N) is 2. The minimum Gasteiger partial charge on any atom is -0.258 e. The summed E-state index contributed by atoms with van der Waals surface area (Å²) in [7, 11) is -6.13. The first kappa shape index (κ1) is 22.3. The lowest BCUT2D eigenvalue weighted by molar-refractivity contribution is -0.385. The number of sulfone groups is 1. The molecule has 0 aromatic heterocycles. The zero-order valence-electron chi connectivity index (χ0n) is 15.6. The van der Waals surface area contributed by atoms with E-state index in [0.29, 0.717) is 5.56 Å². The van der Waals surface area contributed by atoms with Crippen molar-refractivity contribution in [3.8, 4) is 0 Å². The van der Waals surface area contributed by atoms with Gasteiger partial charge in [-0.2, -0.15) is 4.31 Å². The first-order valence-electron chi connectivity index (χ1n) is 7.99. The molecule has 2 rings (SSSR count). The van der Waals surface area contributed by atoms with Crippen LogP contribution in [-0.2, 0) is 19.9 Å². The van der Waals surface area contributed by atoms with Gasteiger partial charge in [0.05, 0.1) is 19.7 Å². The van der Waals surface area contributed by atoms with E-state index in [1.807, 2.05) is 0 Å². The van der Waals surface area contributed by atoms with Gasteiger partial charge in [-0.05, 0) is 37.6 Å². The van der Waals surface area contributed by atoms with Gasteiger partial charge in [0, 0.05) is 31.0 Å². The van der Waals surface area contributed by atoms with E-state index in [-0.39, 0.29) is 26.1 Å². The first-order valence-corrected chi connectivity index (χ1v) is 11.7. The quantitative estimate of drug-likeness (QED) is 0.496. The van der Waals surface area contributed by atoms with Gasteiger partial charge in [0.15, 0.2) is 9.84 Å². The van der Waals surface area contributed by atoms with Gasteiger partial charge in [0.1, 0.15) is 0 Å². The van der Waals surface area contributed by atoms with Crippen molar-refractivity contribution in [3.05, 3.63) is 62.7 Å². The van der Waals surface area contributed by atoms with Crippen LogP contribution >= 0.6 is 11.6 Å². The molecule has 0 amide bonds. The fourth-order valence-electron chi connectivity index (χ4n) is 2.56. The predicted octanol–water partition coefficient (Wildman–Crippen LogP) is 3.34. The number of nitro benzene ring substituents is 1. The van der Waals surface area contributed by atoms with E-state index in [1.165, 1.54) is 44.3 Å². The summed E-state index contributed by atoms with van der Waals surface area (Å²) in [5.74, 6) is 0. The summed E-state index contributed by atoms with van der Waals surface area (Å²) >= 11 is 5.99. The van der Waals surface area contributed by atoms with Crippen molar-refractivity contribution in [3.63, 3.8) is 0 Å². The van der Waals surface area contributed by atoms with Gasteiger partial charge in [-0.3, -0.25) is 10.1 Å². The van der Waals surface area contributed by atoms with Gasteiger partial charge in [0.25, 0.3) is 5.69 Å². The van der Waals surface area contributed by atoms with Crippen molar-refractivity contribution < 1.29 is 21.8 Å². The van der Waals surface area contributed by atoms with E-state index in [1.54, 1.807) is 6.92 Å². The highest BCUT2D eigenvalue weighted by Crippen LogP contribution is 2.33. The lowest BCUT2D eigenvalue weighted by Crippen LogP contribution is -2.30. The van der Waals surface area contributed by atoms with Crippen LogP contribution in [0.5, 0.6) is 0 Å². The number of hydrogen-bond acceptors (Lipinski definition) is 6. The Labute approximate surface area is 168 Å². The van der Waals surface area contributed by atoms with E-state index >= 15 is 0 Å². The predicted molar refractivity (Wildman–Crippen MR) is 106 cm³/mol. The number of halogens is 1. The monoisotopic (exact) mass is 446 g/mol. The average molecular weight is 447 g/mol. The largest absolute Gasteiger partial charge is 0.275 e. The number of benzene rings is 2. The van der Waals surface area contributed by atoms with Crippen LogP contribution in [0.2, 0.25) is 5.02 Å². The molecule has 2 aromatic rings. The van der Waals surface area contributed by atoms with Gasteiger partial charge >= 0.3 is 0 Å². The molecule has 1 atom stereocenters. The maximum atomic E-state index is 13.0. The fraction of sp³-hybridized carbons (Fsp3) is 0.294. The molecule has 1 unspecified atom stereocenters. The van der Waals surface area contributed by atoms with Crippen LogP contribution in [0.4, 0.5) is 5.69 Å². The molecule has 0 heterocycles. The molecule has 8 nitrogen and oxygen atoms in total. The van der Waals surface area contributed by atoms with Crippen LogP contribution in [0.3, 0.4) is 0 Å². The second-order valence-corrected chi connectivity index (χ2v) is 10.8. The Kier molecular flexibility index (Phi) is 6.19. The normalized spacial score (nSPS) is 13.5. The maximum absolute atomic E-state index is 13.0. The highest BCUT2D eigenvalue weighted by Gasteiger charge is 2.29. The summed E-state index contributed by atoms with van der Waals surface area (Å²) in [6.45, 7) is 3.06. The maximum Gasteiger partial charge on any atom is 0.275 e. The zero-order chi connectivity index (χ0) is 21.4. The molecule has 0 aliphatic carbocycles. The fourth-order valence-corrected chi connectivity index (χ4v) is 4.86. The van der Waals surface area contributed by atoms with E-state index in [2.05, 4.69) is 0 Å². The molecule has 28 heavy (non-hydrogen) atoms. The van der Waals surface area contributed by atoms with Gasteiger partial charge in [-0.1, -0.05) is 23.7 Å². The molecule has 0 saturated carbocycles. The van der Waals surface area contributed by atoms with E-state index < -0.39 is 30.8 Å². The third kappa shape index (κ3) is 4.35. The lowest BCUT2D eigenvalue weighted by atomic mass is 10.1. The van der Waals surface area contributed by atoms with Crippen LogP contribution in [0.25, 0.3) is 0 Å². The molecule has 11 heteroatoms. The summed E-state index contributed by atoms with van der Waals surface area (Å²) in [4.78, 5) is 10.3. The van der Waals surface area contributed by atoms with Crippen LogP contribution in [-0.4, -0.2) is 39.4 Å². The van der Waals surface area contributed by atoms with Crippen molar-refractivity contribution in [2.75, 3.05) is 13.3 Å². The standard InChI is InChI=1S/C17H19ClN2O6S2/c1-11-16(18)9-15(10-17(11)20(21)22)28(25,26)19(3)12(2)13-5-7-14(8-6-13)27(4,23)24/h5-10,12H,1-4H3. The lowest BCUT2D eigenvalue weighted by Gasteiger charge is -2.25. The van der Waals surface area contributed by atoms with Crippen LogP contribution < -0.4 is 0 Å². The zero-order valence-corrected chi connectivity index (χ0v) is 18.0. The number of nitro groups is 1. The summed E-state index contributed by atoms with van der Waals surface area (Å²) in [5.41, 5.74) is 0.355. The van der Waals surface area contributed by atoms with Crippen molar-refractivity contribution in [2.45, 2.75) is 29.7 Å². The number of sulfonamides is 1. The SMILES string of the molecule is Cc1c(Cl)cc(S(=O)(=O)N(C)C(C)c2ccc(S(C)(=O)=O)cc2)cc1[N+](=O)[O-]. The Morgan fingerprint density at radius 1 is 1.07 bits per heavy atom. The molecular formula is C17H19ClN2O6S2. The van der Waals surface area contributed by atoms with Crippen molar-refractivity contribution in [1.29, 1.82) is 0 Å². The van der Waals surface area contributed by atoms with E-state index in [9.17, 15) is 26.9 Å². The highest BCUT2D eigenvalue weighted by atomic mass is 35.5. The van der Waals surface area contributed by atoms with Gasteiger partial charge in [-0.15, -0.1) is 0 Å². The smallest absolute Gasteiger partial charge is 0.258 e. The Balaban J connectivity index is 2.44. The van der Waals surface area contributed by atoms with Crippen LogP contribution in [0.15, 0.2) is 46.2 Å². The first-order chi connectivity index (χ1) is 12.8. The van der Waals surface area contributed by atoms with Crippen LogP contribution in [0.1, 0.15) is 24.1 Å². The molecule has 0 fully saturated rings. The minimum atomic E-state index is -4.09. The summed E-state index contributed by atoms with van der Waals surface area (Å²) in [5, 5.41) is 11.2. The molecule has 152 valence electrons. The van der Waals surface area contributed by atoms with Crippen molar-refractivity contribution in [1.82, 2.24) is 4.31 Å². The minimum absolute atomic E-state index is 0.0219. The number of hydrogen-bond donors (Lipinski definition) is 0. The van der Waals surface area contributed by atoms with E-state index in [4.69, 9.17) is 11.6 Å². The molecule has 0 saturated heterocycles. The van der Waals surface area contributed by atoms with Crippen molar-refractivity contribution in [2.24, 2.45) is 0 Å². The molecule has 0 spiro atoms. The third-order valence-electron chi connectivity index (χ3n) is 4.50. The second-order valence-electron chi connectivity index (χ2n) is 6.34. The van der Waals surface area contributed by atoms with Crippen LogP contribution in [0, 0.1) is 17.0 Å². The molecule has 0 aliphatic rings. The molecule has 0 aliphatic heterocycles. The van der Waals surface area contributed by atoms with Gasteiger partial charge in [-0.25, -0.2) is 16.8 Å². The Morgan fingerprint density at radius 2 is 1.61 bits per heavy atom. The second kappa shape index (κ2) is 7.78. The summed E-state index contributed by atoms with van der Waals surface area (Å²) in [6.07, 6.45) is 1.08. The Morgan fingerprint density at radius 3 is 2.07 bits per heavy atom. The topological polar surface area (TPSA) is 115 Å². The molecule has 0 bridgehead atoms. The van der Waals surface area contributed by atoms with Gasteiger partial charge < -0.3 is 0 Å². The summed E-state index contributed by atoms with van der Waals surface area (Å²) < 4.78 is 50.1. The highest BCUT2D eigenvalue weighted by molar-refractivity contribution is 7.90. The average Bonchev–Trinajstić information content (AvgIpc) is 2.61. The number of rotatable bonds is 6. The van der Waals surface area contributed by atoms with Crippen molar-refractivity contribution >= 4 is 37.1 Å². The molecule has 0 radical (unpaired) electrons. The Bertz CT molecular complexity index is 1130. The molecule has 0 N–H and O–H groups in total. The van der Waals surface area contributed by atoms with E-state index in [0.717, 1.165) is 16.6 Å². The summed E-state index contributed by atoms with van der Waals surface area (Å²) in [6, 6.07) is 7.35. The third-order valence-corrected chi connectivity index (χ3v) is 7.93. The molecular weight excluding hydrogens is 428 g/mol.